The van der Waals surface area contributed by atoms with Crippen molar-refractivity contribution in [3.05, 3.63) is 22.8 Å². The first kappa shape index (κ1) is 9.52. The summed E-state index contributed by atoms with van der Waals surface area (Å²) in [5.41, 5.74) is 1.03. The van der Waals surface area contributed by atoms with E-state index in [4.69, 9.17) is 0 Å². The van der Waals surface area contributed by atoms with Gasteiger partial charge in [-0.2, -0.15) is 5.10 Å². The molecule has 0 amide bonds. The second-order valence-corrected chi connectivity index (χ2v) is 4.28. The SMILES string of the molecule is CC(C)n1nc(Br)c2cc(O)ccc21. The largest absolute Gasteiger partial charge is 0.508 e. The summed E-state index contributed by atoms with van der Waals surface area (Å²) in [6.45, 7) is 4.15. The van der Waals surface area contributed by atoms with Crippen molar-refractivity contribution < 1.29 is 5.11 Å². The third-order valence-electron chi connectivity index (χ3n) is 2.13. The van der Waals surface area contributed by atoms with Crippen LogP contribution in [-0.4, -0.2) is 14.9 Å². The highest BCUT2D eigenvalue weighted by atomic mass is 79.9. The van der Waals surface area contributed by atoms with Gasteiger partial charge >= 0.3 is 0 Å². The number of fused-ring (bicyclic) bond motifs is 1. The molecule has 0 unspecified atom stereocenters. The van der Waals surface area contributed by atoms with Gasteiger partial charge in [0.15, 0.2) is 0 Å². The van der Waals surface area contributed by atoms with E-state index in [9.17, 15) is 5.11 Å². The normalized spacial score (nSPS) is 11.4. The van der Waals surface area contributed by atoms with Crippen molar-refractivity contribution in [3.63, 3.8) is 0 Å². The summed E-state index contributed by atoms with van der Waals surface area (Å²) in [4.78, 5) is 0. The van der Waals surface area contributed by atoms with E-state index in [1.54, 1.807) is 12.1 Å². The minimum Gasteiger partial charge on any atom is -0.508 e. The quantitative estimate of drug-likeness (QED) is 0.850. The highest BCUT2D eigenvalue weighted by Gasteiger charge is 2.10. The maximum atomic E-state index is 9.34. The number of aromatic hydroxyl groups is 1. The lowest BCUT2D eigenvalue weighted by Gasteiger charge is -2.06. The maximum absolute atomic E-state index is 9.34. The van der Waals surface area contributed by atoms with E-state index in [0.717, 1.165) is 15.5 Å². The molecule has 0 saturated heterocycles. The molecule has 0 radical (unpaired) electrons. The van der Waals surface area contributed by atoms with Gasteiger partial charge in [0.25, 0.3) is 0 Å². The van der Waals surface area contributed by atoms with Crippen LogP contribution in [0.15, 0.2) is 22.8 Å². The van der Waals surface area contributed by atoms with E-state index in [2.05, 4.69) is 34.9 Å². The monoisotopic (exact) mass is 254 g/mol. The number of phenolic OH excluding ortho intramolecular Hbond substituents is 1. The van der Waals surface area contributed by atoms with Crippen molar-refractivity contribution >= 4 is 26.8 Å². The number of hydrogen-bond acceptors (Lipinski definition) is 2. The lowest BCUT2D eigenvalue weighted by atomic mass is 10.2. The molecule has 3 nitrogen and oxygen atoms in total. The molecule has 0 saturated carbocycles. The predicted octanol–water partition coefficient (Wildman–Crippen LogP) is 3.09. The number of aromatic nitrogens is 2. The van der Waals surface area contributed by atoms with Crippen molar-refractivity contribution in [1.29, 1.82) is 0 Å². The Morgan fingerprint density at radius 1 is 1.43 bits per heavy atom. The van der Waals surface area contributed by atoms with Crippen LogP contribution in [0.3, 0.4) is 0 Å². The standard InChI is InChI=1S/C10H11BrN2O/c1-6(2)13-9-4-3-7(14)5-8(9)10(11)12-13/h3-6,14H,1-2H3. The van der Waals surface area contributed by atoms with E-state index in [-0.39, 0.29) is 5.75 Å². The Labute approximate surface area is 90.5 Å². The van der Waals surface area contributed by atoms with Crippen molar-refractivity contribution in [3.8, 4) is 5.75 Å². The average molecular weight is 255 g/mol. The van der Waals surface area contributed by atoms with E-state index in [0.29, 0.717) is 6.04 Å². The van der Waals surface area contributed by atoms with Crippen LogP contribution in [0.2, 0.25) is 0 Å². The van der Waals surface area contributed by atoms with E-state index in [1.807, 2.05) is 10.7 Å². The third-order valence-corrected chi connectivity index (χ3v) is 2.72. The van der Waals surface area contributed by atoms with Gasteiger partial charge in [-0.15, -0.1) is 0 Å². The van der Waals surface area contributed by atoms with Crippen LogP contribution in [0.1, 0.15) is 19.9 Å². The zero-order chi connectivity index (χ0) is 10.3. The van der Waals surface area contributed by atoms with Gasteiger partial charge < -0.3 is 5.11 Å². The molecule has 0 fully saturated rings. The maximum Gasteiger partial charge on any atom is 0.136 e. The summed E-state index contributed by atoms with van der Waals surface area (Å²) in [6, 6.07) is 5.58. The second kappa shape index (κ2) is 3.28. The Balaban J connectivity index is 2.77. The minimum absolute atomic E-state index is 0.265. The summed E-state index contributed by atoms with van der Waals surface area (Å²) in [6.07, 6.45) is 0. The van der Waals surface area contributed by atoms with Crippen LogP contribution in [-0.2, 0) is 0 Å². The molecule has 4 heteroatoms. The Bertz CT molecular complexity index is 476. The van der Waals surface area contributed by atoms with E-state index >= 15 is 0 Å². The summed E-state index contributed by atoms with van der Waals surface area (Å²) < 4.78 is 2.70. The van der Waals surface area contributed by atoms with Gasteiger partial charge in [0.2, 0.25) is 0 Å². The van der Waals surface area contributed by atoms with Crippen molar-refractivity contribution in [2.24, 2.45) is 0 Å². The molecule has 1 N–H and O–H groups in total. The molecule has 0 aliphatic carbocycles. The number of benzene rings is 1. The first-order chi connectivity index (χ1) is 6.59. The molecular formula is C10H11BrN2O. The van der Waals surface area contributed by atoms with Gasteiger partial charge in [-0.25, -0.2) is 0 Å². The van der Waals surface area contributed by atoms with Gasteiger partial charge in [0, 0.05) is 11.4 Å². The summed E-state index contributed by atoms with van der Waals surface area (Å²) in [5, 5.41) is 14.6. The molecule has 0 aliphatic heterocycles. The molecule has 1 aromatic heterocycles. The number of halogens is 1. The molecule has 2 rings (SSSR count). The zero-order valence-corrected chi connectivity index (χ0v) is 9.62. The van der Waals surface area contributed by atoms with Gasteiger partial charge in [-0.05, 0) is 48.0 Å². The van der Waals surface area contributed by atoms with Crippen LogP contribution in [0.4, 0.5) is 0 Å². The van der Waals surface area contributed by atoms with Gasteiger partial charge in [0.1, 0.15) is 10.4 Å². The Morgan fingerprint density at radius 2 is 2.14 bits per heavy atom. The molecular weight excluding hydrogens is 244 g/mol. The Hall–Kier alpha value is -1.03. The number of phenols is 1. The molecule has 0 bridgehead atoms. The first-order valence-corrected chi connectivity index (χ1v) is 5.25. The van der Waals surface area contributed by atoms with Crippen LogP contribution < -0.4 is 0 Å². The van der Waals surface area contributed by atoms with Crippen LogP contribution in [0.5, 0.6) is 5.75 Å². The predicted molar refractivity (Wildman–Crippen MR) is 59.5 cm³/mol. The third kappa shape index (κ3) is 1.39. The molecule has 0 spiro atoms. The Kier molecular flexibility index (Phi) is 2.23. The number of hydrogen-bond donors (Lipinski definition) is 1. The van der Waals surface area contributed by atoms with E-state index in [1.165, 1.54) is 0 Å². The lowest BCUT2D eigenvalue weighted by Crippen LogP contribution is -2.01. The van der Waals surface area contributed by atoms with E-state index < -0.39 is 0 Å². The molecule has 1 heterocycles. The zero-order valence-electron chi connectivity index (χ0n) is 8.03. The fourth-order valence-electron chi connectivity index (χ4n) is 1.49. The first-order valence-electron chi connectivity index (χ1n) is 4.46. The summed E-state index contributed by atoms with van der Waals surface area (Å²) in [7, 11) is 0. The summed E-state index contributed by atoms with van der Waals surface area (Å²) in [5.74, 6) is 0.265. The lowest BCUT2D eigenvalue weighted by molar-refractivity contribution is 0.476. The average Bonchev–Trinajstić information content (AvgIpc) is 2.44. The summed E-state index contributed by atoms with van der Waals surface area (Å²) >= 11 is 3.38. The molecule has 74 valence electrons. The minimum atomic E-state index is 0.265. The van der Waals surface area contributed by atoms with Crippen molar-refractivity contribution in [1.82, 2.24) is 9.78 Å². The van der Waals surface area contributed by atoms with Gasteiger partial charge in [-0.3, -0.25) is 4.68 Å². The van der Waals surface area contributed by atoms with Gasteiger partial charge in [-0.1, -0.05) is 0 Å². The van der Waals surface area contributed by atoms with Crippen LogP contribution in [0, 0.1) is 0 Å². The molecule has 1 aromatic carbocycles. The fourth-order valence-corrected chi connectivity index (χ4v) is 1.97. The highest BCUT2D eigenvalue weighted by molar-refractivity contribution is 9.10. The van der Waals surface area contributed by atoms with Crippen molar-refractivity contribution in [2.45, 2.75) is 19.9 Å². The molecule has 0 atom stereocenters. The molecule has 14 heavy (non-hydrogen) atoms. The van der Waals surface area contributed by atoms with Crippen molar-refractivity contribution in [2.75, 3.05) is 0 Å². The second-order valence-electron chi connectivity index (χ2n) is 3.53. The van der Waals surface area contributed by atoms with Crippen LogP contribution in [0.25, 0.3) is 10.9 Å². The fraction of sp³-hybridized carbons (Fsp3) is 0.300. The smallest absolute Gasteiger partial charge is 0.136 e. The van der Waals surface area contributed by atoms with Crippen LogP contribution >= 0.6 is 15.9 Å². The topological polar surface area (TPSA) is 38.0 Å². The number of nitrogens with zero attached hydrogens (tertiary/aromatic N) is 2. The molecule has 2 aromatic rings. The highest BCUT2D eigenvalue weighted by Crippen LogP contribution is 2.28. The molecule has 0 aliphatic rings. The number of rotatable bonds is 1. The van der Waals surface area contributed by atoms with Gasteiger partial charge in [0.05, 0.1) is 5.52 Å². The Morgan fingerprint density at radius 3 is 2.79 bits per heavy atom.